The van der Waals surface area contributed by atoms with E-state index in [0.717, 1.165) is 11.3 Å². The topological polar surface area (TPSA) is 97.8 Å². The van der Waals surface area contributed by atoms with E-state index in [4.69, 9.17) is 9.47 Å². The van der Waals surface area contributed by atoms with Crippen LogP contribution in [0.2, 0.25) is 0 Å². The first-order chi connectivity index (χ1) is 14.6. The molecule has 1 aliphatic heterocycles. The molecule has 1 aromatic heterocycles. The third-order valence-electron chi connectivity index (χ3n) is 4.54. The Morgan fingerprint density at radius 3 is 2.87 bits per heavy atom. The Labute approximate surface area is 176 Å². The number of nitrogens with one attached hydrogen (secondary N) is 1. The van der Waals surface area contributed by atoms with Gasteiger partial charge >= 0.3 is 5.97 Å². The number of para-hydroxylation sites is 1. The fourth-order valence-corrected chi connectivity index (χ4v) is 3.66. The molecule has 0 saturated heterocycles. The number of hydrogen-bond acceptors (Lipinski definition) is 7. The van der Waals surface area contributed by atoms with Crippen LogP contribution in [0, 0.1) is 0 Å². The molecule has 0 bridgehead atoms. The summed E-state index contributed by atoms with van der Waals surface area (Å²) in [6, 6.07) is 11.9. The molecular weight excluding hydrogens is 406 g/mol. The Morgan fingerprint density at radius 1 is 1.27 bits per heavy atom. The van der Waals surface area contributed by atoms with Crippen LogP contribution in [0.1, 0.15) is 10.4 Å². The summed E-state index contributed by atoms with van der Waals surface area (Å²) in [6.07, 6.45) is 0. The van der Waals surface area contributed by atoms with E-state index in [1.165, 1.54) is 23.3 Å². The van der Waals surface area contributed by atoms with Gasteiger partial charge in [0.2, 0.25) is 5.91 Å². The molecule has 0 fully saturated rings. The van der Waals surface area contributed by atoms with E-state index in [2.05, 4.69) is 10.3 Å². The van der Waals surface area contributed by atoms with Crippen LogP contribution in [-0.2, 0) is 14.3 Å². The minimum atomic E-state index is -0.563. The Balaban J connectivity index is 1.58. The maximum atomic E-state index is 12.7. The number of anilines is 2. The summed E-state index contributed by atoms with van der Waals surface area (Å²) in [5.74, 6) is -0.844. The van der Waals surface area contributed by atoms with Gasteiger partial charge in [-0.05, 0) is 30.3 Å². The van der Waals surface area contributed by atoms with E-state index in [0.29, 0.717) is 17.1 Å². The summed E-state index contributed by atoms with van der Waals surface area (Å²) in [5, 5.41) is 4.58. The largest absolute Gasteiger partial charge is 0.482 e. The molecule has 152 valence electrons. The number of fused-ring (bicyclic) bond motifs is 1. The van der Waals surface area contributed by atoms with Crippen LogP contribution in [0.4, 0.5) is 11.4 Å². The van der Waals surface area contributed by atoms with Gasteiger partial charge in [-0.15, -0.1) is 11.3 Å². The number of aromatic nitrogens is 1. The average molecular weight is 423 g/mol. The number of thiazole rings is 1. The van der Waals surface area contributed by atoms with Crippen molar-refractivity contribution in [1.82, 2.24) is 4.98 Å². The van der Waals surface area contributed by atoms with Crippen molar-refractivity contribution in [2.75, 3.05) is 30.5 Å². The van der Waals surface area contributed by atoms with Crippen LogP contribution in [0.3, 0.4) is 0 Å². The second-order valence-corrected chi connectivity index (χ2v) is 7.13. The van der Waals surface area contributed by atoms with Crippen LogP contribution in [0.15, 0.2) is 53.4 Å². The standard InChI is InChI=1S/C21H17N3O5S/c1-28-21(27)14-4-2-3-5-15(14)23-19(25)9-24-17-8-13(16-11-30-12-22-16)6-7-18(17)29-10-20(24)26/h2-8,11-12H,9-10H2,1H3,(H,23,25). The van der Waals surface area contributed by atoms with Gasteiger partial charge in [-0.3, -0.25) is 14.5 Å². The van der Waals surface area contributed by atoms with Gasteiger partial charge in [0.1, 0.15) is 12.3 Å². The highest BCUT2D eigenvalue weighted by molar-refractivity contribution is 7.07. The number of rotatable bonds is 5. The number of nitrogens with zero attached hydrogens (tertiary/aromatic N) is 2. The number of esters is 1. The fourth-order valence-electron chi connectivity index (χ4n) is 3.10. The van der Waals surface area contributed by atoms with E-state index in [1.54, 1.807) is 41.9 Å². The third-order valence-corrected chi connectivity index (χ3v) is 5.12. The Hall–Kier alpha value is -3.72. The van der Waals surface area contributed by atoms with Gasteiger partial charge in [-0.25, -0.2) is 9.78 Å². The monoisotopic (exact) mass is 423 g/mol. The molecule has 0 aliphatic carbocycles. The van der Waals surface area contributed by atoms with Crippen molar-refractivity contribution in [3.8, 4) is 17.0 Å². The van der Waals surface area contributed by atoms with Crippen molar-refractivity contribution in [3.05, 3.63) is 58.9 Å². The quantitative estimate of drug-likeness (QED) is 0.634. The van der Waals surface area contributed by atoms with Crippen LogP contribution in [-0.4, -0.2) is 43.0 Å². The van der Waals surface area contributed by atoms with Crippen molar-refractivity contribution >= 4 is 40.5 Å². The molecule has 0 atom stereocenters. The highest BCUT2D eigenvalue weighted by atomic mass is 32.1. The van der Waals surface area contributed by atoms with Crippen molar-refractivity contribution < 1.29 is 23.9 Å². The van der Waals surface area contributed by atoms with Crippen molar-refractivity contribution in [1.29, 1.82) is 0 Å². The van der Waals surface area contributed by atoms with Crippen molar-refractivity contribution in [2.24, 2.45) is 0 Å². The Bertz CT molecular complexity index is 1110. The molecule has 4 rings (SSSR count). The molecule has 1 aliphatic rings. The van der Waals surface area contributed by atoms with E-state index >= 15 is 0 Å². The predicted octanol–water partition coefficient (Wildman–Crippen LogP) is 2.96. The van der Waals surface area contributed by atoms with Gasteiger partial charge in [0, 0.05) is 10.9 Å². The number of ether oxygens (including phenoxy) is 2. The van der Waals surface area contributed by atoms with Crippen LogP contribution < -0.4 is 15.0 Å². The van der Waals surface area contributed by atoms with Crippen molar-refractivity contribution in [3.63, 3.8) is 0 Å². The first-order valence-electron chi connectivity index (χ1n) is 9.00. The molecule has 0 unspecified atom stereocenters. The average Bonchev–Trinajstić information content (AvgIpc) is 3.30. The van der Waals surface area contributed by atoms with Crippen LogP contribution in [0.5, 0.6) is 5.75 Å². The maximum absolute atomic E-state index is 12.7. The molecule has 0 saturated carbocycles. The van der Waals surface area contributed by atoms with Gasteiger partial charge in [0.25, 0.3) is 5.91 Å². The molecule has 3 aromatic rings. The van der Waals surface area contributed by atoms with Crippen molar-refractivity contribution in [2.45, 2.75) is 0 Å². The lowest BCUT2D eigenvalue weighted by molar-refractivity contribution is -0.123. The zero-order valence-corrected chi connectivity index (χ0v) is 16.8. The molecule has 1 N–H and O–H groups in total. The number of hydrogen-bond donors (Lipinski definition) is 1. The lowest BCUT2D eigenvalue weighted by Crippen LogP contribution is -2.43. The predicted molar refractivity (Wildman–Crippen MR) is 112 cm³/mol. The molecule has 0 radical (unpaired) electrons. The zero-order valence-electron chi connectivity index (χ0n) is 16.0. The lowest BCUT2D eigenvalue weighted by atomic mass is 10.1. The normalized spacial score (nSPS) is 12.7. The molecular formula is C21H17N3O5S. The van der Waals surface area contributed by atoms with Crippen LogP contribution >= 0.6 is 11.3 Å². The smallest absolute Gasteiger partial charge is 0.339 e. The second-order valence-electron chi connectivity index (χ2n) is 6.41. The molecule has 9 heteroatoms. The lowest BCUT2D eigenvalue weighted by Gasteiger charge is -2.29. The van der Waals surface area contributed by atoms with Gasteiger partial charge in [0.15, 0.2) is 6.61 Å². The Morgan fingerprint density at radius 2 is 2.10 bits per heavy atom. The van der Waals surface area contributed by atoms with E-state index in [-0.39, 0.29) is 24.6 Å². The minimum absolute atomic E-state index is 0.158. The minimum Gasteiger partial charge on any atom is -0.482 e. The molecule has 2 aromatic carbocycles. The summed E-state index contributed by atoms with van der Waals surface area (Å²) in [5.41, 5.74) is 4.35. The Kier molecular flexibility index (Phi) is 5.44. The van der Waals surface area contributed by atoms with Gasteiger partial charge in [-0.1, -0.05) is 12.1 Å². The van der Waals surface area contributed by atoms with E-state index in [9.17, 15) is 14.4 Å². The zero-order chi connectivity index (χ0) is 21.1. The van der Waals surface area contributed by atoms with Gasteiger partial charge < -0.3 is 14.8 Å². The van der Waals surface area contributed by atoms with Gasteiger partial charge in [0.05, 0.1) is 35.3 Å². The first-order valence-corrected chi connectivity index (χ1v) is 9.94. The third kappa shape index (κ3) is 3.87. The SMILES string of the molecule is COC(=O)c1ccccc1NC(=O)CN1C(=O)COc2ccc(-c3cscn3)cc21. The first kappa shape index (κ1) is 19.6. The molecule has 2 heterocycles. The second kappa shape index (κ2) is 8.34. The summed E-state index contributed by atoms with van der Waals surface area (Å²) < 4.78 is 10.2. The van der Waals surface area contributed by atoms with Crippen LogP contribution in [0.25, 0.3) is 11.3 Å². The highest BCUT2D eigenvalue weighted by Gasteiger charge is 2.28. The summed E-state index contributed by atoms with van der Waals surface area (Å²) in [6.45, 7) is -0.389. The molecule has 0 spiro atoms. The number of carbonyl (C=O) groups is 3. The summed E-state index contributed by atoms with van der Waals surface area (Å²) in [4.78, 5) is 42.8. The molecule has 8 nitrogen and oxygen atoms in total. The molecule has 2 amide bonds. The number of carbonyl (C=O) groups excluding carboxylic acids is 3. The number of methoxy groups -OCH3 is 1. The highest BCUT2D eigenvalue weighted by Crippen LogP contribution is 2.36. The van der Waals surface area contributed by atoms with Gasteiger partial charge in [-0.2, -0.15) is 0 Å². The number of amides is 2. The number of benzene rings is 2. The van der Waals surface area contributed by atoms with E-state index < -0.39 is 11.9 Å². The summed E-state index contributed by atoms with van der Waals surface area (Å²) in [7, 11) is 1.27. The van der Waals surface area contributed by atoms with E-state index in [1.807, 2.05) is 11.4 Å². The molecule has 30 heavy (non-hydrogen) atoms. The maximum Gasteiger partial charge on any atom is 0.339 e. The fraction of sp³-hybridized carbons (Fsp3) is 0.143. The summed E-state index contributed by atoms with van der Waals surface area (Å²) >= 11 is 1.47.